The Morgan fingerprint density at radius 1 is 1.42 bits per heavy atom. The molecule has 1 aliphatic heterocycles. The Balaban J connectivity index is 2.33. The van der Waals surface area contributed by atoms with E-state index in [1.807, 2.05) is 0 Å². The largest absolute Gasteiger partial charge is 0.480 e. The second-order valence-corrected chi connectivity index (χ2v) is 5.65. The van der Waals surface area contributed by atoms with Crippen molar-refractivity contribution in [1.82, 2.24) is 4.90 Å². The minimum absolute atomic E-state index is 0.00135. The van der Waals surface area contributed by atoms with Gasteiger partial charge < -0.3 is 15.1 Å². The molecule has 7 heteroatoms. The number of halogens is 2. The number of carbonyl (C=O) groups is 2. The van der Waals surface area contributed by atoms with E-state index in [0.29, 0.717) is 4.47 Å². The Morgan fingerprint density at radius 3 is 2.74 bits per heavy atom. The van der Waals surface area contributed by atoms with Gasteiger partial charge in [-0.15, -0.1) is 0 Å². The summed E-state index contributed by atoms with van der Waals surface area (Å²) in [5.41, 5.74) is 0.219. The molecule has 5 nitrogen and oxygen atoms in total. The third-order valence-electron chi connectivity index (χ3n) is 2.98. The number of amides is 1. The number of carbonyl (C=O) groups excluding carboxylic acids is 1. The Morgan fingerprint density at radius 2 is 2.11 bits per heavy atom. The highest BCUT2D eigenvalue weighted by molar-refractivity contribution is 9.10. The molecule has 1 saturated heterocycles. The number of carboxylic acids is 1. The van der Waals surface area contributed by atoms with Crippen molar-refractivity contribution in [1.29, 1.82) is 0 Å². The molecule has 1 unspecified atom stereocenters. The highest BCUT2D eigenvalue weighted by Gasteiger charge is 2.39. The second kappa shape index (κ2) is 5.48. The van der Waals surface area contributed by atoms with Gasteiger partial charge >= 0.3 is 5.97 Å². The summed E-state index contributed by atoms with van der Waals surface area (Å²) in [5.74, 6) is -1.62. The van der Waals surface area contributed by atoms with Gasteiger partial charge in [-0.05, 0) is 18.2 Å². The van der Waals surface area contributed by atoms with Crippen molar-refractivity contribution < 1.29 is 19.8 Å². The van der Waals surface area contributed by atoms with Crippen molar-refractivity contribution in [2.24, 2.45) is 0 Å². The van der Waals surface area contributed by atoms with E-state index in [4.69, 9.17) is 16.7 Å². The van der Waals surface area contributed by atoms with Gasteiger partial charge in [-0.2, -0.15) is 0 Å². The third kappa shape index (κ3) is 2.91. The fourth-order valence-electron chi connectivity index (χ4n) is 2.09. The van der Waals surface area contributed by atoms with E-state index in [2.05, 4.69) is 15.9 Å². The number of nitrogens with zero attached hydrogens (tertiary/aromatic N) is 1. The van der Waals surface area contributed by atoms with Crippen molar-refractivity contribution >= 4 is 39.4 Å². The van der Waals surface area contributed by atoms with Gasteiger partial charge in [0.15, 0.2) is 0 Å². The van der Waals surface area contributed by atoms with Crippen LogP contribution in [0.25, 0.3) is 0 Å². The number of benzene rings is 1. The average Bonchev–Trinajstić information content (AvgIpc) is 2.74. The molecule has 19 heavy (non-hydrogen) atoms. The van der Waals surface area contributed by atoms with E-state index in [1.165, 1.54) is 6.07 Å². The summed E-state index contributed by atoms with van der Waals surface area (Å²) < 4.78 is 0.673. The summed E-state index contributed by atoms with van der Waals surface area (Å²) in [5, 5.41) is 18.9. The molecule has 2 rings (SSSR count). The van der Waals surface area contributed by atoms with Crippen LogP contribution >= 0.6 is 27.5 Å². The predicted octanol–water partition coefficient (Wildman–Crippen LogP) is 1.76. The molecule has 1 aromatic carbocycles. The number of aliphatic carboxylic acids is 1. The zero-order valence-corrected chi connectivity index (χ0v) is 12.1. The van der Waals surface area contributed by atoms with Gasteiger partial charge in [0.2, 0.25) is 0 Å². The molecule has 0 aromatic heterocycles. The van der Waals surface area contributed by atoms with Gasteiger partial charge in [-0.1, -0.05) is 27.5 Å². The normalized spacial score (nSPS) is 22.6. The molecule has 0 spiro atoms. The van der Waals surface area contributed by atoms with Gasteiger partial charge in [0.25, 0.3) is 5.91 Å². The SMILES string of the molecule is O=C(O)[C@@H]1CC(O)CN1C(=O)c1cc(Br)ccc1Cl. The standard InChI is InChI=1S/C12H11BrClNO4/c13-6-1-2-9(14)8(3-6)11(17)15-5-7(16)4-10(15)12(18)19/h1-3,7,10,16H,4-5H2,(H,18,19)/t7?,10-/m0/s1. The third-order valence-corrected chi connectivity index (χ3v) is 3.81. The van der Waals surface area contributed by atoms with Crippen LogP contribution in [0.1, 0.15) is 16.8 Å². The highest BCUT2D eigenvalue weighted by atomic mass is 79.9. The average molecular weight is 349 g/mol. The second-order valence-electron chi connectivity index (χ2n) is 4.33. The minimum atomic E-state index is -1.13. The Labute approximate surface area is 122 Å². The molecular formula is C12H11BrClNO4. The van der Waals surface area contributed by atoms with E-state index < -0.39 is 24.0 Å². The van der Waals surface area contributed by atoms with Crippen molar-refractivity contribution in [2.45, 2.75) is 18.6 Å². The van der Waals surface area contributed by atoms with Crippen LogP contribution in [0.4, 0.5) is 0 Å². The molecular weight excluding hydrogens is 337 g/mol. The zero-order chi connectivity index (χ0) is 14.2. The van der Waals surface area contributed by atoms with E-state index in [1.54, 1.807) is 12.1 Å². The lowest BCUT2D eigenvalue weighted by Crippen LogP contribution is -2.40. The van der Waals surface area contributed by atoms with Crippen LogP contribution < -0.4 is 0 Å². The summed E-state index contributed by atoms with van der Waals surface area (Å²) >= 11 is 9.19. The zero-order valence-electron chi connectivity index (χ0n) is 9.72. The number of hydrogen-bond acceptors (Lipinski definition) is 3. The fraction of sp³-hybridized carbons (Fsp3) is 0.333. The van der Waals surface area contributed by atoms with Gasteiger partial charge in [0.1, 0.15) is 6.04 Å². The monoisotopic (exact) mass is 347 g/mol. The van der Waals surface area contributed by atoms with Gasteiger partial charge in [-0.3, -0.25) is 4.79 Å². The molecule has 1 heterocycles. The molecule has 1 aliphatic rings. The van der Waals surface area contributed by atoms with Crippen LogP contribution in [-0.2, 0) is 4.79 Å². The van der Waals surface area contributed by atoms with Crippen LogP contribution in [0.15, 0.2) is 22.7 Å². The van der Waals surface area contributed by atoms with E-state index in [9.17, 15) is 14.7 Å². The number of carboxylic acid groups (broad SMARTS) is 1. The first kappa shape index (κ1) is 14.3. The topological polar surface area (TPSA) is 77.8 Å². The Bertz CT molecular complexity index is 536. The van der Waals surface area contributed by atoms with Crippen LogP contribution in [0.5, 0.6) is 0 Å². The van der Waals surface area contributed by atoms with Crippen LogP contribution in [0.2, 0.25) is 5.02 Å². The Hall–Kier alpha value is -1.11. The molecule has 1 aromatic rings. The number of aliphatic hydroxyl groups excluding tert-OH is 1. The molecule has 102 valence electrons. The predicted molar refractivity (Wildman–Crippen MR) is 72.2 cm³/mol. The first-order valence-corrected chi connectivity index (χ1v) is 6.74. The lowest BCUT2D eigenvalue weighted by atomic mass is 10.1. The summed E-state index contributed by atoms with van der Waals surface area (Å²) in [6.07, 6.45) is -0.789. The van der Waals surface area contributed by atoms with Crippen molar-refractivity contribution in [3.63, 3.8) is 0 Å². The maximum absolute atomic E-state index is 12.3. The molecule has 0 saturated carbocycles. The number of likely N-dealkylation sites (tertiary alicyclic amines) is 1. The van der Waals surface area contributed by atoms with Gasteiger partial charge in [0.05, 0.1) is 16.7 Å². The lowest BCUT2D eigenvalue weighted by Gasteiger charge is -2.21. The summed E-state index contributed by atoms with van der Waals surface area (Å²) in [6.45, 7) is -0.00135. The molecule has 2 atom stereocenters. The van der Waals surface area contributed by atoms with E-state index in [0.717, 1.165) is 4.90 Å². The number of rotatable bonds is 2. The number of β-amino-alcohol motifs (C(OH)–C–C–N with tert-alkyl or cyclic N) is 1. The molecule has 2 N–H and O–H groups in total. The van der Waals surface area contributed by atoms with Crippen molar-refractivity contribution in [3.8, 4) is 0 Å². The van der Waals surface area contributed by atoms with Crippen LogP contribution in [-0.4, -0.2) is 45.7 Å². The quantitative estimate of drug-likeness (QED) is 0.854. The molecule has 1 fully saturated rings. The smallest absolute Gasteiger partial charge is 0.326 e. The maximum Gasteiger partial charge on any atom is 0.326 e. The summed E-state index contributed by atoms with van der Waals surface area (Å²) in [4.78, 5) is 24.6. The summed E-state index contributed by atoms with van der Waals surface area (Å²) in [6, 6.07) is 3.76. The van der Waals surface area contributed by atoms with Crippen molar-refractivity contribution in [2.75, 3.05) is 6.54 Å². The first-order chi connectivity index (χ1) is 8.90. The van der Waals surface area contributed by atoms with E-state index >= 15 is 0 Å². The van der Waals surface area contributed by atoms with Gasteiger partial charge in [0, 0.05) is 17.4 Å². The van der Waals surface area contributed by atoms with Gasteiger partial charge in [-0.25, -0.2) is 4.79 Å². The first-order valence-electron chi connectivity index (χ1n) is 5.57. The lowest BCUT2D eigenvalue weighted by molar-refractivity contribution is -0.141. The Kier molecular flexibility index (Phi) is 4.13. The van der Waals surface area contributed by atoms with Crippen LogP contribution in [0.3, 0.4) is 0 Å². The summed E-state index contributed by atoms with van der Waals surface area (Å²) in [7, 11) is 0. The fourth-order valence-corrected chi connectivity index (χ4v) is 2.65. The molecule has 1 amide bonds. The van der Waals surface area contributed by atoms with Crippen LogP contribution in [0, 0.1) is 0 Å². The van der Waals surface area contributed by atoms with Crippen molar-refractivity contribution in [3.05, 3.63) is 33.3 Å². The highest BCUT2D eigenvalue weighted by Crippen LogP contribution is 2.26. The molecule has 0 bridgehead atoms. The molecule has 0 radical (unpaired) electrons. The maximum atomic E-state index is 12.3. The number of aliphatic hydroxyl groups is 1. The van der Waals surface area contributed by atoms with E-state index in [-0.39, 0.29) is 23.6 Å². The minimum Gasteiger partial charge on any atom is -0.480 e. The molecule has 0 aliphatic carbocycles. The number of hydrogen-bond donors (Lipinski definition) is 2.